The number of aromatic amines is 1. The third kappa shape index (κ3) is 3.99. The highest BCUT2D eigenvalue weighted by Gasteiger charge is 2.20. The lowest BCUT2D eigenvalue weighted by molar-refractivity contribution is 0.0229. The first-order valence-corrected chi connectivity index (χ1v) is 4.62. The van der Waals surface area contributed by atoms with Gasteiger partial charge in [-0.15, -0.1) is 0 Å². The molecule has 84 valence electrons. The number of nitrogens with zero attached hydrogens (tertiary/aromatic N) is 2. The van der Waals surface area contributed by atoms with Gasteiger partial charge in [-0.05, 0) is 26.8 Å². The van der Waals surface area contributed by atoms with E-state index in [9.17, 15) is 4.79 Å². The van der Waals surface area contributed by atoms with Gasteiger partial charge in [0.1, 0.15) is 5.60 Å². The molecule has 1 heterocycles. The number of nitrogens with two attached hydrogens (primary N) is 1. The number of carbonyl (C=O) groups excluding carboxylic acids is 1. The van der Waals surface area contributed by atoms with Crippen molar-refractivity contribution in [2.75, 3.05) is 0 Å². The van der Waals surface area contributed by atoms with Crippen LogP contribution in [0.4, 0.5) is 4.79 Å². The number of rotatable bonds is 2. The van der Waals surface area contributed by atoms with E-state index in [1.807, 2.05) is 0 Å². The average Bonchev–Trinajstić information content (AvgIpc) is 2.53. The molecule has 0 saturated heterocycles. The average molecular weight is 212 g/mol. The molecule has 3 N–H and O–H groups in total. The number of nitrogens with one attached hydrogen (secondary N) is 1. The van der Waals surface area contributed by atoms with Crippen LogP contribution in [0.3, 0.4) is 0 Å². The number of carbonyl (C=O) groups is 1. The van der Waals surface area contributed by atoms with Crippen LogP contribution in [0, 0.1) is 0 Å². The van der Waals surface area contributed by atoms with Crippen LogP contribution in [0.2, 0.25) is 0 Å². The highest BCUT2D eigenvalue weighted by atomic mass is 16.6. The first-order chi connectivity index (χ1) is 6.88. The zero-order valence-electron chi connectivity index (χ0n) is 9.15. The highest BCUT2D eigenvalue weighted by molar-refractivity contribution is 5.67. The SMILES string of the molecule is CC(C)(C)OC(=O)N(N)Cc1cc[nH]n1. The maximum Gasteiger partial charge on any atom is 0.424 e. The quantitative estimate of drug-likeness (QED) is 0.435. The molecule has 0 aliphatic heterocycles. The summed E-state index contributed by atoms with van der Waals surface area (Å²) < 4.78 is 5.07. The van der Waals surface area contributed by atoms with E-state index >= 15 is 0 Å². The Balaban J connectivity index is 2.47. The van der Waals surface area contributed by atoms with Gasteiger partial charge in [-0.1, -0.05) is 0 Å². The van der Waals surface area contributed by atoms with Crippen molar-refractivity contribution in [3.05, 3.63) is 18.0 Å². The van der Waals surface area contributed by atoms with E-state index in [0.29, 0.717) is 5.69 Å². The van der Waals surface area contributed by atoms with Crippen molar-refractivity contribution in [1.82, 2.24) is 15.2 Å². The first kappa shape index (κ1) is 11.5. The molecule has 0 aliphatic rings. The number of aromatic nitrogens is 2. The molecule has 1 aromatic rings. The molecule has 0 spiro atoms. The summed E-state index contributed by atoms with van der Waals surface area (Å²) >= 11 is 0. The molecule has 0 fully saturated rings. The van der Waals surface area contributed by atoms with Crippen LogP contribution in [0.1, 0.15) is 26.5 Å². The third-order valence-corrected chi connectivity index (χ3v) is 1.52. The van der Waals surface area contributed by atoms with Gasteiger partial charge in [-0.25, -0.2) is 15.6 Å². The van der Waals surface area contributed by atoms with E-state index in [-0.39, 0.29) is 6.54 Å². The summed E-state index contributed by atoms with van der Waals surface area (Å²) in [7, 11) is 0. The number of hydrogen-bond donors (Lipinski definition) is 2. The fraction of sp³-hybridized carbons (Fsp3) is 0.556. The standard InChI is InChI=1S/C9H16N4O2/c1-9(2,3)15-8(14)13(10)6-7-4-5-11-12-7/h4-5H,6,10H2,1-3H3,(H,11,12). The van der Waals surface area contributed by atoms with E-state index in [0.717, 1.165) is 5.01 Å². The Bertz CT molecular complexity index is 315. The molecule has 0 aromatic carbocycles. The van der Waals surface area contributed by atoms with E-state index in [1.165, 1.54) is 0 Å². The van der Waals surface area contributed by atoms with Crippen LogP contribution in [-0.2, 0) is 11.3 Å². The summed E-state index contributed by atoms with van der Waals surface area (Å²) in [5.74, 6) is 5.52. The van der Waals surface area contributed by atoms with Crippen LogP contribution in [0.25, 0.3) is 0 Å². The van der Waals surface area contributed by atoms with E-state index < -0.39 is 11.7 Å². The number of H-pyrrole nitrogens is 1. The van der Waals surface area contributed by atoms with Crippen molar-refractivity contribution in [1.29, 1.82) is 0 Å². The molecule has 0 aliphatic carbocycles. The van der Waals surface area contributed by atoms with Gasteiger partial charge in [0, 0.05) is 6.20 Å². The molecule has 1 aromatic heterocycles. The Morgan fingerprint density at radius 1 is 1.67 bits per heavy atom. The lowest BCUT2D eigenvalue weighted by atomic mass is 10.2. The lowest BCUT2D eigenvalue weighted by Gasteiger charge is -2.23. The van der Waals surface area contributed by atoms with Crippen molar-refractivity contribution < 1.29 is 9.53 Å². The first-order valence-electron chi connectivity index (χ1n) is 4.62. The summed E-state index contributed by atoms with van der Waals surface area (Å²) in [6.07, 6.45) is 1.10. The van der Waals surface area contributed by atoms with Crippen molar-refractivity contribution in [2.24, 2.45) is 5.84 Å². The molecule has 1 rings (SSSR count). The Morgan fingerprint density at radius 3 is 2.80 bits per heavy atom. The smallest absolute Gasteiger partial charge is 0.424 e. The second-order valence-corrected chi connectivity index (χ2v) is 4.17. The summed E-state index contributed by atoms with van der Waals surface area (Å²) in [5, 5.41) is 7.51. The Kier molecular flexibility index (Phi) is 3.31. The Hall–Kier alpha value is -1.56. The molecule has 6 nitrogen and oxygen atoms in total. The Morgan fingerprint density at radius 2 is 2.33 bits per heavy atom. The van der Waals surface area contributed by atoms with Crippen LogP contribution in [-0.4, -0.2) is 26.9 Å². The highest BCUT2D eigenvalue weighted by Crippen LogP contribution is 2.09. The van der Waals surface area contributed by atoms with Crippen molar-refractivity contribution >= 4 is 6.09 Å². The molecule has 0 bridgehead atoms. The molecule has 0 radical (unpaired) electrons. The van der Waals surface area contributed by atoms with Gasteiger partial charge >= 0.3 is 6.09 Å². The number of hydrazine groups is 1. The summed E-state index contributed by atoms with van der Waals surface area (Å²) in [6, 6.07) is 1.74. The Labute approximate surface area is 88.4 Å². The van der Waals surface area contributed by atoms with E-state index in [1.54, 1.807) is 33.0 Å². The number of ether oxygens (including phenoxy) is 1. The maximum atomic E-state index is 11.4. The fourth-order valence-corrected chi connectivity index (χ4v) is 0.939. The van der Waals surface area contributed by atoms with Gasteiger partial charge in [0.15, 0.2) is 0 Å². The second kappa shape index (κ2) is 4.31. The predicted molar refractivity (Wildman–Crippen MR) is 54.6 cm³/mol. The van der Waals surface area contributed by atoms with Crippen LogP contribution in [0.5, 0.6) is 0 Å². The minimum absolute atomic E-state index is 0.221. The summed E-state index contributed by atoms with van der Waals surface area (Å²) in [6.45, 7) is 5.58. The minimum atomic E-state index is -0.564. The second-order valence-electron chi connectivity index (χ2n) is 4.17. The van der Waals surface area contributed by atoms with Gasteiger partial charge < -0.3 is 4.74 Å². The van der Waals surface area contributed by atoms with E-state index in [2.05, 4.69) is 10.2 Å². The monoisotopic (exact) mass is 212 g/mol. The zero-order valence-corrected chi connectivity index (χ0v) is 9.15. The lowest BCUT2D eigenvalue weighted by Crippen LogP contribution is -2.41. The molecule has 0 saturated carbocycles. The van der Waals surface area contributed by atoms with Crippen molar-refractivity contribution in [3.8, 4) is 0 Å². The normalized spacial score (nSPS) is 11.2. The summed E-state index contributed by atoms with van der Waals surface area (Å²) in [4.78, 5) is 11.4. The minimum Gasteiger partial charge on any atom is -0.443 e. The zero-order chi connectivity index (χ0) is 11.5. The largest absolute Gasteiger partial charge is 0.443 e. The number of amides is 1. The van der Waals surface area contributed by atoms with Gasteiger partial charge in [-0.3, -0.25) is 5.10 Å². The van der Waals surface area contributed by atoms with E-state index in [4.69, 9.17) is 10.6 Å². The third-order valence-electron chi connectivity index (χ3n) is 1.52. The molecule has 0 atom stereocenters. The van der Waals surface area contributed by atoms with Crippen LogP contribution >= 0.6 is 0 Å². The van der Waals surface area contributed by atoms with Gasteiger partial charge in [0.2, 0.25) is 0 Å². The number of hydrogen-bond acceptors (Lipinski definition) is 4. The van der Waals surface area contributed by atoms with Crippen LogP contribution in [0.15, 0.2) is 12.3 Å². The molecular formula is C9H16N4O2. The van der Waals surface area contributed by atoms with Crippen LogP contribution < -0.4 is 5.84 Å². The molecule has 1 amide bonds. The molecule has 15 heavy (non-hydrogen) atoms. The topological polar surface area (TPSA) is 84.2 Å². The molecule has 0 unspecified atom stereocenters. The summed E-state index contributed by atoms with van der Waals surface area (Å²) in [5.41, 5.74) is 0.142. The van der Waals surface area contributed by atoms with Crippen molar-refractivity contribution in [3.63, 3.8) is 0 Å². The fourth-order valence-electron chi connectivity index (χ4n) is 0.939. The predicted octanol–water partition coefficient (Wildman–Crippen LogP) is 1.02. The van der Waals surface area contributed by atoms with Crippen molar-refractivity contribution in [2.45, 2.75) is 32.9 Å². The molecule has 6 heteroatoms. The van der Waals surface area contributed by atoms with Gasteiger partial charge in [0.05, 0.1) is 12.2 Å². The van der Waals surface area contributed by atoms with Gasteiger partial charge in [0.25, 0.3) is 0 Å². The maximum absolute atomic E-state index is 11.4. The van der Waals surface area contributed by atoms with Gasteiger partial charge in [-0.2, -0.15) is 5.10 Å². The molecular weight excluding hydrogens is 196 g/mol.